The van der Waals surface area contributed by atoms with Gasteiger partial charge in [0, 0.05) is 25.2 Å². The molecule has 1 fully saturated rings. The van der Waals surface area contributed by atoms with Gasteiger partial charge in [-0.1, -0.05) is 0 Å². The number of aromatic carboxylic acids is 1. The monoisotopic (exact) mass is 344 g/mol. The molecule has 0 aliphatic carbocycles. The Balaban J connectivity index is 1.94. The van der Waals surface area contributed by atoms with Crippen molar-refractivity contribution in [1.82, 2.24) is 4.98 Å². The van der Waals surface area contributed by atoms with Gasteiger partial charge in [-0.2, -0.15) is 13.2 Å². The van der Waals surface area contributed by atoms with E-state index in [1.54, 1.807) is 4.90 Å². The molecule has 1 saturated heterocycles. The molecule has 0 aromatic carbocycles. The van der Waals surface area contributed by atoms with Crippen LogP contribution >= 0.6 is 0 Å². The number of rotatable bonds is 2. The Bertz CT molecular complexity index is 634. The van der Waals surface area contributed by atoms with Crippen LogP contribution in [0, 0.1) is 5.92 Å². The molecule has 0 unspecified atom stereocenters. The smallest absolute Gasteiger partial charge is 0.393 e. The molecule has 2 aliphatic rings. The first-order valence-electron chi connectivity index (χ1n) is 8.01. The second kappa shape index (κ2) is 6.58. The van der Waals surface area contributed by atoms with E-state index in [9.17, 15) is 23.1 Å². The van der Waals surface area contributed by atoms with Gasteiger partial charge in [0.1, 0.15) is 5.82 Å². The Morgan fingerprint density at radius 1 is 1.33 bits per heavy atom. The highest BCUT2D eigenvalue weighted by Gasteiger charge is 2.42. The molecular weight excluding hydrogens is 325 g/mol. The summed E-state index contributed by atoms with van der Waals surface area (Å²) in [5, 5.41) is 9.47. The zero-order valence-corrected chi connectivity index (χ0v) is 13.1. The lowest BCUT2D eigenvalue weighted by Crippen LogP contribution is -2.42. The maximum Gasteiger partial charge on any atom is 0.393 e. The molecule has 5 nitrogen and oxygen atoms in total. The minimum Gasteiger partial charge on any atom is -0.478 e. The van der Waals surface area contributed by atoms with E-state index < -0.39 is 18.1 Å². The van der Waals surface area contributed by atoms with Crippen LogP contribution in [0.2, 0.25) is 0 Å². The summed E-state index contributed by atoms with van der Waals surface area (Å²) in [6.45, 7) is 1.14. The van der Waals surface area contributed by atoms with Gasteiger partial charge in [0.2, 0.25) is 0 Å². The largest absolute Gasteiger partial charge is 0.478 e. The zero-order valence-electron chi connectivity index (χ0n) is 13.1. The van der Waals surface area contributed by atoms with E-state index in [-0.39, 0.29) is 18.5 Å². The number of carboxylic acids is 1. The number of fused-ring (bicyclic) bond motifs is 1. The van der Waals surface area contributed by atoms with E-state index in [4.69, 9.17) is 4.74 Å². The molecule has 2 aliphatic heterocycles. The topological polar surface area (TPSA) is 62.7 Å². The summed E-state index contributed by atoms with van der Waals surface area (Å²) in [4.78, 5) is 17.6. The van der Waals surface area contributed by atoms with Crippen molar-refractivity contribution >= 4 is 11.8 Å². The lowest BCUT2D eigenvalue weighted by atomic mass is 9.96. The van der Waals surface area contributed by atoms with E-state index in [0.29, 0.717) is 56.1 Å². The number of pyridine rings is 1. The Kier molecular flexibility index (Phi) is 4.67. The van der Waals surface area contributed by atoms with Crippen LogP contribution < -0.4 is 4.90 Å². The van der Waals surface area contributed by atoms with Crippen molar-refractivity contribution in [2.24, 2.45) is 5.92 Å². The summed E-state index contributed by atoms with van der Waals surface area (Å²) in [6.07, 6.45) is -2.80. The Labute approximate surface area is 137 Å². The first-order chi connectivity index (χ1) is 11.4. The number of anilines is 1. The zero-order chi connectivity index (χ0) is 17.3. The highest BCUT2D eigenvalue weighted by molar-refractivity contribution is 5.90. The third-order valence-electron chi connectivity index (χ3n) is 4.61. The van der Waals surface area contributed by atoms with Crippen LogP contribution in [0.5, 0.6) is 0 Å². The molecule has 3 rings (SSSR count). The number of aromatic nitrogens is 1. The van der Waals surface area contributed by atoms with E-state index in [2.05, 4.69) is 4.98 Å². The number of hydrogen-bond acceptors (Lipinski definition) is 4. The normalized spacial score (nSPS) is 22.0. The van der Waals surface area contributed by atoms with Crippen LogP contribution in [-0.4, -0.2) is 48.5 Å². The molecule has 0 spiro atoms. The summed E-state index contributed by atoms with van der Waals surface area (Å²) in [7, 11) is 0. The average molecular weight is 344 g/mol. The SMILES string of the molecule is O=C(O)c1cc(N2CCC[C@H](C(F)(F)F)C2)nc2c1CCOCC2. The molecule has 3 heterocycles. The van der Waals surface area contributed by atoms with Gasteiger partial charge >= 0.3 is 12.1 Å². The van der Waals surface area contributed by atoms with Gasteiger partial charge in [-0.25, -0.2) is 9.78 Å². The summed E-state index contributed by atoms with van der Waals surface area (Å²) in [5.41, 5.74) is 1.37. The second-order valence-corrected chi connectivity index (χ2v) is 6.20. The van der Waals surface area contributed by atoms with Crippen LogP contribution in [-0.2, 0) is 17.6 Å². The maximum atomic E-state index is 13.0. The summed E-state index contributed by atoms with van der Waals surface area (Å²) < 4.78 is 44.4. The van der Waals surface area contributed by atoms with E-state index in [0.717, 1.165) is 0 Å². The first-order valence-corrected chi connectivity index (χ1v) is 8.01. The maximum absolute atomic E-state index is 13.0. The van der Waals surface area contributed by atoms with E-state index in [1.165, 1.54) is 6.07 Å². The number of carboxylic acid groups (broad SMARTS) is 1. The predicted molar refractivity (Wildman–Crippen MR) is 80.4 cm³/mol. The number of carbonyl (C=O) groups is 1. The van der Waals surface area contributed by atoms with Gasteiger partial charge in [0.25, 0.3) is 0 Å². The standard InChI is InChI=1S/C16H19F3N2O3/c17-16(18,19)10-2-1-5-21(9-10)14-8-12(15(22)23)11-3-6-24-7-4-13(11)20-14/h8,10H,1-7,9H2,(H,22,23)/t10-/m0/s1. The highest BCUT2D eigenvalue weighted by Crippen LogP contribution is 2.35. The van der Waals surface area contributed by atoms with Crippen molar-refractivity contribution in [1.29, 1.82) is 0 Å². The predicted octanol–water partition coefficient (Wildman–Crippen LogP) is 2.67. The summed E-state index contributed by atoms with van der Waals surface area (Å²) in [5.74, 6) is -2.16. The molecule has 0 amide bonds. The van der Waals surface area contributed by atoms with Crippen LogP contribution in [0.25, 0.3) is 0 Å². The molecule has 0 saturated carbocycles. The molecule has 1 aromatic heterocycles. The summed E-state index contributed by atoms with van der Waals surface area (Å²) in [6, 6.07) is 1.41. The molecule has 0 bridgehead atoms. The number of halogens is 3. The molecule has 0 radical (unpaired) electrons. The molecular formula is C16H19F3N2O3. The third-order valence-corrected chi connectivity index (χ3v) is 4.61. The lowest BCUT2D eigenvalue weighted by Gasteiger charge is -2.35. The van der Waals surface area contributed by atoms with Gasteiger partial charge in [-0.05, 0) is 30.9 Å². The van der Waals surface area contributed by atoms with Crippen LogP contribution in [0.4, 0.5) is 19.0 Å². The van der Waals surface area contributed by atoms with Gasteiger partial charge in [-0.3, -0.25) is 0 Å². The molecule has 1 atom stereocenters. The number of nitrogens with zero attached hydrogens (tertiary/aromatic N) is 2. The van der Waals surface area contributed by atoms with E-state index >= 15 is 0 Å². The Morgan fingerprint density at radius 2 is 2.08 bits per heavy atom. The Morgan fingerprint density at radius 3 is 2.79 bits per heavy atom. The van der Waals surface area contributed by atoms with E-state index in [1.807, 2.05) is 0 Å². The quantitative estimate of drug-likeness (QED) is 0.894. The molecule has 1 aromatic rings. The Hall–Kier alpha value is -1.83. The van der Waals surface area contributed by atoms with Crippen molar-refractivity contribution in [2.45, 2.75) is 31.9 Å². The number of hydrogen-bond donors (Lipinski definition) is 1. The first kappa shape index (κ1) is 17.0. The fraction of sp³-hybridized carbons (Fsp3) is 0.625. The fourth-order valence-electron chi connectivity index (χ4n) is 3.35. The number of alkyl halides is 3. The van der Waals surface area contributed by atoms with Crippen LogP contribution in [0.3, 0.4) is 0 Å². The molecule has 132 valence electrons. The summed E-state index contributed by atoms with van der Waals surface area (Å²) >= 11 is 0. The van der Waals surface area contributed by atoms with Crippen molar-refractivity contribution in [3.8, 4) is 0 Å². The minimum absolute atomic E-state index is 0.102. The van der Waals surface area contributed by atoms with Gasteiger partial charge < -0.3 is 14.7 Å². The van der Waals surface area contributed by atoms with Crippen LogP contribution in [0.15, 0.2) is 6.07 Å². The van der Waals surface area contributed by atoms with Gasteiger partial charge in [-0.15, -0.1) is 0 Å². The van der Waals surface area contributed by atoms with Crippen molar-refractivity contribution in [3.63, 3.8) is 0 Å². The van der Waals surface area contributed by atoms with Gasteiger partial charge in [0.15, 0.2) is 0 Å². The fourth-order valence-corrected chi connectivity index (χ4v) is 3.35. The molecule has 8 heteroatoms. The second-order valence-electron chi connectivity index (χ2n) is 6.20. The molecule has 1 N–H and O–H groups in total. The minimum atomic E-state index is -4.24. The van der Waals surface area contributed by atoms with Crippen molar-refractivity contribution < 1.29 is 27.8 Å². The lowest BCUT2D eigenvalue weighted by molar-refractivity contribution is -0.176. The molecule has 24 heavy (non-hydrogen) atoms. The highest BCUT2D eigenvalue weighted by atomic mass is 19.4. The number of piperidine rings is 1. The van der Waals surface area contributed by atoms with Crippen LogP contribution in [0.1, 0.15) is 34.5 Å². The number of ether oxygens (including phenoxy) is 1. The van der Waals surface area contributed by atoms with Crippen molar-refractivity contribution in [2.75, 3.05) is 31.2 Å². The third kappa shape index (κ3) is 3.48. The average Bonchev–Trinajstić information content (AvgIpc) is 2.78. The van der Waals surface area contributed by atoms with Gasteiger partial charge in [0.05, 0.1) is 24.7 Å². The van der Waals surface area contributed by atoms with Crippen molar-refractivity contribution in [3.05, 3.63) is 22.9 Å².